The van der Waals surface area contributed by atoms with Gasteiger partial charge in [0.25, 0.3) is 0 Å². The van der Waals surface area contributed by atoms with E-state index in [-0.39, 0.29) is 0 Å². The van der Waals surface area contributed by atoms with E-state index in [9.17, 15) is 5.26 Å². The van der Waals surface area contributed by atoms with Crippen molar-refractivity contribution in [2.75, 3.05) is 0 Å². The predicted octanol–water partition coefficient (Wildman–Crippen LogP) is 1.16. The summed E-state index contributed by atoms with van der Waals surface area (Å²) in [6, 6.07) is 4.11. The van der Waals surface area contributed by atoms with Crippen LogP contribution in [0.3, 0.4) is 0 Å². The second-order valence-corrected chi connectivity index (χ2v) is 11.2. The molecule has 1 aromatic carbocycles. The SMILES string of the molecule is CC1(C)OB(c2cc(C#N)c(B3OC(C)(C)C(C)(C)O3)c3n[te]nc23)OC1(C)C. The van der Waals surface area contributed by atoms with Crippen molar-refractivity contribution in [3.63, 3.8) is 0 Å². The molecule has 0 atom stereocenters. The molecule has 2 aromatic rings. The average Bonchev–Trinajstić information content (AvgIpc) is 3.20. The molecule has 0 amide bonds. The Morgan fingerprint density at radius 2 is 1.24 bits per heavy atom. The Morgan fingerprint density at radius 3 is 1.72 bits per heavy atom. The fraction of sp³-hybridized carbons (Fsp3) is 0.632. The zero-order chi connectivity index (χ0) is 21.4. The van der Waals surface area contributed by atoms with Gasteiger partial charge in [0, 0.05) is 0 Å². The zero-order valence-electron chi connectivity index (χ0n) is 18.1. The molecule has 0 spiro atoms. The van der Waals surface area contributed by atoms with E-state index in [1.165, 1.54) is 0 Å². The summed E-state index contributed by atoms with van der Waals surface area (Å²) < 4.78 is 34.3. The van der Waals surface area contributed by atoms with Gasteiger partial charge < -0.3 is 0 Å². The number of nitrogens with zero attached hydrogens (tertiary/aromatic N) is 3. The number of hydrogen-bond donors (Lipinski definition) is 0. The molecule has 3 heterocycles. The summed E-state index contributed by atoms with van der Waals surface area (Å²) in [5.41, 5.74) is 1.34. The first-order valence-corrected chi connectivity index (χ1v) is 11.8. The van der Waals surface area contributed by atoms with Crippen LogP contribution in [-0.4, -0.2) is 64.1 Å². The summed E-state index contributed by atoms with van der Waals surface area (Å²) in [4.78, 5) is 0. The van der Waals surface area contributed by atoms with E-state index < -0.39 is 57.6 Å². The van der Waals surface area contributed by atoms with Gasteiger partial charge in [-0.1, -0.05) is 0 Å². The molecular formula is C19H25B2N3O4Te. The maximum absolute atomic E-state index is 9.94. The quantitative estimate of drug-likeness (QED) is 0.563. The third-order valence-electron chi connectivity index (χ3n) is 6.72. The second kappa shape index (κ2) is 6.53. The van der Waals surface area contributed by atoms with Gasteiger partial charge >= 0.3 is 183 Å². The van der Waals surface area contributed by atoms with Crippen molar-refractivity contribution in [3.8, 4) is 6.07 Å². The number of nitriles is 1. The van der Waals surface area contributed by atoms with Gasteiger partial charge in [0.2, 0.25) is 0 Å². The molecule has 2 aliphatic rings. The topological polar surface area (TPSA) is 86.5 Å². The van der Waals surface area contributed by atoms with Crippen molar-refractivity contribution >= 4 is 57.2 Å². The van der Waals surface area contributed by atoms with Crippen molar-refractivity contribution in [2.24, 2.45) is 0 Å². The Labute approximate surface area is 182 Å². The van der Waals surface area contributed by atoms with Crippen LogP contribution in [0.5, 0.6) is 0 Å². The second-order valence-electron chi connectivity index (χ2n) is 9.68. The molecule has 7 nitrogen and oxygen atoms in total. The van der Waals surface area contributed by atoms with Gasteiger partial charge in [-0.3, -0.25) is 0 Å². The van der Waals surface area contributed by atoms with E-state index in [4.69, 9.17) is 25.0 Å². The molecule has 0 radical (unpaired) electrons. The van der Waals surface area contributed by atoms with Gasteiger partial charge in [-0.2, -0.15) is 0 Å². The number of benzene rings is 1. The molecule has 0 N–H and O–H groups in total. The van der Waals surface area contributed by atoms with E-state index in [0.717, 1.165) is 11.0 Å². The van der Waals surface area contributed by atoms with Crippen molar-refractivity contribution in [3.05, 3.63) is 11.6 Å². The molecule has 29 heavy (non-hydrogen) atoms. The van der Waals surface area contributed by atoms with Crippen molar-refractivity contribution in [1.82, 2.24) is 6.41 Å². The molecule has 1 aromatic heterocycles. The summed E-state index contributed by atoms with van der Waals surface area (Å²) in [5.74, 6) is 0. The van der Waals surface area contributed by atoms with Crippen LogP contribution in [0.1, 0.15) is 61.0 Å². The molecule has 2 fully saturated rings. The Bertz CT molecular complexity index is 996. The van der Waals surface area contributed by atoms with E-state index in [2.05, 4.69) is 6.07 Å². The monoisotopic (exact) mass is 511 g/mol. The normalized spacial score (nSPS) is 24.2. The Balaban J connectivity index is 1.84. The molecule has 0 bridgehead atoms. The summed E-state index contributed by atoms with van der Waals surface area (Å²) in [6.45, 7) is 16.0. The summed E-state index contributed by atoms with van der Waals surface area (Å²) in [5, 5.41) is 9.94. The van der Waals surface area contributed by atoms with Crippen molar-refractivity contribution in [1.29, 1.82) is 5.26 Å². The van der Waals surface area contributed by atoms with Crippen LogP contribution in [0.2, 0.25) is 0 Å². The van der Waals surface area contributed by atoms with Crippen LogP contribution in [0.25, 0.3) is 11.0 Å². The summed E-state index contributed by atoms with van der Waals surface area (Å²) in [6.07, 6.45) is 0. The molecule has 0 saturated carbocycles. The zero-order valence-corrected chi connectivity index (χ0v) is 20.4. The fourth-order valence-corrected chi connectivity index (χ4v) is 5.08. The van der Waals surface area contributed by atoms with E-state index in [0.29, 0.717) is 16.5 Å². The number of aromatic nitrogens is 2. The molecule has 152 valence electrons. The molecule has 10 heteroatoms. The first kappa shape index (κ1) is 21.3. The van der Waals surface area contributed by atoms with Gasteiger partial charge in [-0.15, -0.1) is 0 Å². The standard InChI is InChI=1S/C19H25B2N3O4Te/c1-16(2)17(3,4)26-20(25-16)12-9-11(10-22)13(15-14(12)23-29-24-15)21-27-18(5,6)19(7,8)28-21/h9H,1-8H3. The first-order valence-electron chi connectivity index (χ1n) is 9.70. The molecule has 2 aliphatic heterocycles. The number of hydrogen-bond acceptors (Lipinski definition) is 7. The Hall–Kier alpha value is -0.931. The number of fused-ring (bicyclic) bond motifs is 1. The van der Waals surface area contributed by atoms with Crippen molar-refractivity contribution < 1.29 is 18.6 Å². The van der Waals surface area contributed by atoms with Gasteiger partial charge in [0.1, 0.15) is 0 Å². The van der Waals surface area contributed by atoms with Gasteiger partial charge in [0.15, 0.2) is 0 Å². The van der Waals surface area contributed by atoms with Crippen molar-refractivity contribution in [2.45, 2.75) is 77.8 Å². The third-order valence-corrected chi connectivity index (χ3v) is 8.23. The number of rotatable bonds is 2. The molecule has 4 rings (SSSR count). The fourth-order valence-electron chi connectivity index (χ4n) is 3.43. The Morgan fingerprint density at radius 1 is 0.793 bits per heavy atom. The van der Waals surface area contributed by atoms with Crippen LogP contribution in [-0.2, 0) is 18.6 Å². The first-order chi connectivity index (χ1) is 13.3. The predicted molar refractivity (Wildman–Crippen MR) is 113 cm³/mol. The summed E-state index contributed by atoms with van der Waals surface area (Å²) >= 11 is -0.939. The van der Waals surface area contributed by atoms with Crippen LogP contribution >= 0.6 is 0 Å². The average molecular weight is 509 g/mol. The molecule has 0 unspecified atom stereocenters. The minimum atomic E-state index is -0.939. The van der Waals surface area contributed by atoms with E-state index in [1.54, 1.807) is 6.07 Å². The summed E-state index contributed by atoms with van der Waals surface area (Å²) in [7, 11) is -1.27. The maximum atomic E-state index is 9.94. The van der Waals surface area contributed by atoms with Crippen LogP contribution in [0.4, 0.5) is 0 Å². The minimum absolute atomic E-state index is 0.459. The molecule has 2 saturated heterocycles. The van der Waals surface area contributed by atoms with E-state index >= 15 is 0 Å². The van der Waals surface area contributed by atoms with Gasteiger partial charge in [-0.05, 0) is 0 Å². The van der Waals surface area contributed by atoms with Gasteiger partial charge in [0.05, 0.1) is 0 Å². The van der Waals surface area contributed by atoms with E-state index in [1.807, 2.05) is 55.4 Å². The van der Waals surface area contributed by atoms with Crippen LogP contribution < -0.4 is 10.9 Å². The molecular weight excluding hydrogens is 483 g/mol. The van der Waals surface area contributed by atoms with Gasteiger partial charge in [-0.25, -0.2) is 0 Å². The van der Waals surface area contributed by atoms with Crippen LogP contribution in [0, 0.1) is 11.3 Å². The molecule has 0 aliphatic carbocycles. The Kier molecular flexibility index (Phi) is 4.80. The third kappa shape index (κ3) is 3.19. The van der Waals surface area contributed by atoms with Crippen LogP contribution in [0.15, 0.2) is 6.07 Å².